The van der Waals surface area contributed by atoms with Gasteiger partial charge in [0.25, 0.3) is 5.89 Å². The fourth-order valence-electron chi connectivity index (χ4n) is 1.86. The van der Waals surface area contributed by atoms with Crippen LogP contribution in [0.5, 0.6) is 5.75 Å². The minimum absolute atomic E-state index is 0.0580. The zero-order valence-corrected chi connectivity index (χ0v) is 12.1. The molecule has 0 atom stereocenters. The molecule has 1 aromatic carbocycles. The van der Waals surface area contributed by atoms with Crippen molar-refractivity contribution in [1.29, 1.82) is 0 Å². The second-order valence-corrected chi connectivity index (χ2v) is 4.80. The summed E-state index contributed by atoms with van der Waals surface area (Å²) >= 11 is 0. The second-order valence-electron chi connectivity index (χ2n) is 4.80. The van der Waals surface area contributed by atoms with Crippen LogP contribution in [0, 0.1) is 6.92 Å². The number of carboxylic acids is 1. The van der Waals surface area contributed by atoms with Crippen LogP contribution in [-0.4, -0.2) is 21.2 Å². The summed E-state index contributed by atoms with van der Waals surface area (Å²) in [6.45, 7) is 3.98. The van der Waals surface area contributed by atoms with Crippen molar-refractivity contribution in [3.05, 3.63) is 41.0 Å². The molecule has 1 N–H and O–H groups in total. The summed E-state index contributed by atoms with van der Waals surface area (Å²) in [5.74, 6) is 0.264. The average molecular weight is 290 g/mol. The van der Waals surface area contributed by atoms with Gasteiger partial charge in [0, 0.05) is 6.42 Å². The standard InChI is InChI=1S/C15H18N2O4/c1-3-4-5-13-16-14(21-17-13)9-20-12-7-6-10(2)8-11(12)15(18)19/h6-8H,3-5,9H2,1-2H3,(H,18,19). The zero-order chi connectivity index (χ0) is 15.2. The number of aryl methyl sites for hydroxylation is 2. The lowest BCUT2D eigenvalue weighted by molar-refractivity contribution is 0.0691. The van der Waals surface area contributed by atoms with Gasteiger partial charge >= 0.3 is 5.97 Å². The Balaban J connectivity index is 2.03. The van der Waals surface area contributed by atoms with Gasteiger partial charge in [-0.2, -0.15) is 4.98 Å². The molecule has 0 aliphatic carbocycles. The molecule has 0 aliphatic rings. The van der Waals surface area contributed by atoms with Gasteiger partial charge in [0.15, 0.2) is 12.4 Å². The molecule has 0 saturated carbocycles. The van der Waals surface area contributed by atoms with E-state index in [1.807, 2.05) is 6.92 Å². The van der Waals surface area contributed by atoms with Crippen LogP contribution in [0.4, 0.5) is 0 Å². The maximum absolute atomic E-state index is 11.2. The third-order valence-corrected chi connectivity index (χ3v) is 2.98. The van der Waals surface area contributed by atoms with E-state index in [1.54, 1.807) is 18.2 Å². The van der Waals surface area contributed by atoms with Gasteiger partial charge in [-0.25, -0.2) is 4.79 Å². The Hall–Kier alpha value is -2.37. The highest BCUT2D eigenvalue weighted by Crippen LogP contribution is 2.21. The van der Waals surface area contributed by atoms with E-state index >= 15 is 0 Å². The number of carboxylic acid groups (broad SMARTS) is 1. The first-order valence-corrected chi connectivity index (χ1v) is 6.88. The first kappa shape index (κ1) is 15.0. The third kappa shape index (κ3) is 4.05. The van der Waals surface area contributed by atoms with Crippen molar-refractivity contribution >= 4 is 5.97 Å². The van der Waals surface area contributed by atoms with Crippen molar-refractivity contribution in [2.24, 2.45) is 0 Å². The number of benzene rings is 1. The first-order chi connectivity index (χ1) is 10.1. The predicted octanol–water partition coefficient (Wildman–Crippen LogP) is 3.00. The molecule has 0 unspecified atom stereocenters. The number of ether oxygens (including phenoxy) is 1. The Labute approximate surface area is 122 Å². The summed E-state index contributed by atoms with van der Waals surface area (Å²) in [6.07, 6.45) is 2.83. The molecule has 1 heterocycles. The van der Waals surface area contributed by atoms with E-state index in [1.165, 1.54) is 0 Å². The van der Waals surface area contributed by atoms with Gasteiger partial charge in [-0.15, -0.1) is 0 Å². The highest BCUT2D eigenvalue weighted by molar-refractivity contribution is 5.91. The van der Waals surface area contributed by atoms with E-state index in [4.69, 9.17) is 14.4 Å². The number of rotatable bonds is 7. The summed E-state index contributed by atoms with van der Waals surface area (Å²) in [5, 5.41) is 13.0. The Morgan fingerprint density at radius 3 is 2.95 bits per heavy atom. The quantitative estimate of drug-likeness (QED) is 0.843. The molecule has 2 rings (SSSR count). The van der Waals surface area contributed by atoms with Gasteiger partial charge in [0.2, 0.25) is 0 Å². The van der Waals surface area contributed by atoms with Crippen LogP contribution in [0.15, 0.2) is 22.7 Å². The maximum Gasteiger partial charge on any atom is 0.339 e. The van der Waals surface area contributed by atoms with E-state index in [-0.39, 0.29) is 12.2 Å². The molecule has 0 fully saturated rings. The number of aromatic nitrogens is 2. The first-order valence-electron chi connectivity index (χ1n) is 6.88. The highest BCUT2D eigenvalue weighted by atomic mass is 16.5. The molecule has 0 radical (unpaired) electrons. The number of unbranched alkanes of at least 4 members (excludes halogenated alkanes) is 1. The van der Waals surface area contributed by atoms with Crippen LogP contribution >= 0.6 is 0 Å². The van der Waals surface area contributed by atoms with E-state index in [0.717, 1.165) is 24.8 Å². The van der Waals surface area contributed by atoms with E-state index in [0.29, 0.717) is 17.5 Å². The van der Waals surface area contributed by atoms with Crippen molar-refractivity contribution in [2.75, 3.05) is 0 Å². The van der Waals surface area contributed by atoms with E-state index in [9.17, 15) is 4.79 Å². The molecule has 2 aromatic rings. The van der Waals surface area contributed by atoms with Crippen LogP contribution in [-0.2, 0) is 13.0 Å². The molecule has 0 aliphatic heterocycles. The molecular weight excluding hydrogens is 272 g/mol. The van der Waals surface area contributed by atoms with Crippen LogP contribution in [0.1, 0.15) is 47.4 Å². The predicted molar refractivity (Wildman–Crippen MR) is 75.4 cm³/mol. The van der Waals surface area contributed by atoms with Gasteiger partial charge in [-0.05, 0) is 25.5 Å². The van der Waals surface area contributed by atoms with Crippen molar-refractivity contribution in [3.63, 3.8) is 0 Å². The van der Waals surface area contributed by atoms with Gasteiger partial charge in [-0.3, -0.25) is 0 Å². The smallest absolute Gasteiger partial charge is 0.339 e. The van der Waals surface area contributed by atoms with Crippen molar-refractivity contribution in [1.82, 2.24) is 10.1 Å². The zero-order valence-electron chi connectivity index (χ0n) is 12.1. The van der Waals surface area contributed by atoms with Crippen molar-refractivity contribution in [3.8, 4) is 5.75 Å². The Morgan fingerprint density at radius 2 is 2.24 bits per heavy atom. The summed E-state index contributed by atoms with van der Waals surface area (Å²) in [5.41, 5.74) is 0.986. The molecule has 1 aromatic heterocycles. The average Bonchev–Trinajstić information content (AvgIpc) is 2.91. The molecular formula is C15H18N2O4. The molecule has 6 nitrogen and oxygen atoms in total. The molecule has 0 saturated heterocycles. The van der Waals surface area contributed by atoms with Crippen LogP contribution in [0.3, 0.4) is 0 Å². The summed E-state index contributed by atoms with van der Waals surface area (Å²) in [7, 11) is 0. The normalized spacial score (nSPS) is 10.6. The lowest BCUT2D eigenvalue weighted by atomic mass is 10.1. The van der Waals surface area contributed by atoms with Crippen LogP contribution < -0.4 is 4.74 Å². The number of aromatic carboxylic acids is 1. The lowest BCUT2D eigenvalue weighted by Gasteiger charge is -2.07. The maximum atomic E-state index is 11.2. The molecule has 6 heteroatoms. The molecule has 112 valence electrons. The molecule has 21 heavy (non-hydrogen) atoms. The number of hydrogen-bond acceptors (Lipinski definition) is 5. The summed E-state index contributed by atoms with van der Waals surface area (Å²) < 4.78 is 10.6. The topological polar surface area (TPSA) is 85.5 Å². The minimum Gasteiger partial charge on any atom is -0.483 e. The minimum atomic E-state index is -1.03. The monoisotopic (exact) mass is 290 g/mol. The van der Waals surface area contributed by atoms with E-state index in [2.05, 4.69) is 17.1 Å². The molecule has 0 spiro atoms. The fourth-order valence-corrected chi connectivity index (χ4v) is 1.86. The molecule has 0 amide bonds. The van der Waals surface area contributed by atoms with Gasteiger partial charge in [0.1, 0.15) is 11.3 Å². The third-order valence-electron chi connectivity index (χ3n) is 2.98. The second kappa shape index (κ2) is 6.88. The Morgan fingerprint density at radius 1 is 1.43 bits per heavy atom. The lowest BCUT2D eigenvalue weighted by Crippen LogP contribution is -2.04. The number of carbonyl (C=O) groups is 1. The largest absolute Gasteiger partial charge is 0.483 e. The van der Waals surface area contributed by atoms with Crippen molar-refractivity contribution in [2.45, 2.75) is 39.7 Å². The van der Waals surface area contributed by atoms with Gasteiger partial charge in [-0.1, -0.05) is 30.1 Å². The summed E-state index contributed by atoms with van der Waals surface area (Å²) in [6, 6.07) is 4.99. The SMILES string of the molecule is CCCCc1noc(COc2ccc(C)cc2C(=O)O)n1. The van der Waals surface area contributed by atoms with Gasteiger partial charge in [0.05, 0.1) is 0 Å². The molecule has 0 bridgehead atoms. The van der Waals surface area contributed by atoms with Crippen molar-refractivity contribution < 1.29 is 19.2 Å². The number of nitrogens with zero attached hydrogens (tertiary/aromatic N) is 2. The highest BCUT2D eigenvalue weighted by Gasteiger charge is 2.13. The summed E-state index contributed by atoms with van der Waals surface area (Å²) in [4.78, 5) is 15.4. The Kier molecular flexibility index (Phi) is 4.92. The Bertz CT molecular complexity index is 622. The van der Waals surface area contributed by atoms with Crippen LogP contribution in [0.2, 0.25) is 0 Å². The fraction of sp³-hybridized carbons (Fsp3) is 0.400. The van der Waals surface area contributed by atoms with Gasteiger partial charge < -0.3 is 14.4 Å². The van der Waals surface area contributed by atoms with Crippen LogP contribution in [0.25, 0.3) is 0 Å². The van der Waals surface area contributed by atoms with E-state index < -0.39 is 5.97 Å². The number of hydrogen-bond donors (Lipinski definition) is 1.